The molecule has 1 heterocycles. The molecule has 0 N–H and O–H groups in total. The summed E-state index contributed by atoms with van der Waals surface area (Å²) < 4.78 is 9.32. The summed E-state index contributed by atoms with van der Waals surface area (Å²) in [5, 5.41) is 19.6. The molecule has 0 aliphatic carbocycles. The minimum atomic E-state index is 0.239. The highest BCUT2D eigenvalue weighted by molar-refractivity contribution is 14.1. The summed E-state index contributed by atoms with van der Waals surface area (Å²) >= 11 is 3.83. The van der Waals surface area contributed by atoms with E-state index in [1.807, 2.05) is 42.5 Å². The highest BCUT2D eigenvalue weighted by Crippen LogP contribution is 2.36. The van der Waals surface area contributed by atoms with Gasteiger partial charge in [-0.05, 0) is 41.0 Å². The molecule has 0 bridgehead atoms. The monoisotopic (exact) mass is 572 g/mol. The van der Waals surface area contributed by atoms with Crippen molar-refractivity contribution >= 4 is 34.4 Å². The number of rotatable bonds is 8. The molecule has 3 rings (SSSR count). The van der Waals surface area contributed by atoms with Gasteiger partial charge in [0.25, 0.3) is 0 Å². The van der Waals surface area contributed by atoms with Crippen LogP contribution >= 0.6 is 34.4 Å². The molecule has 0 amide bonds. The van der Waals surface area contributed by atoms with E-state index in [2.05, 4.69) is 67.0 Å². The highest BCUT2D eigenvalue weighted by atomic mass is 127. The number of ether oxygens (including phenoxy) is 1. The van der Waals surface area contributed by atoms with E-state index in [0.717, 1.165) is 33.5 Å². The lowest BCUT2D eigenvalue weighted by atomic mass is 10.1. The van der Waals surface area contributed by atoms with E-state index in [-0.39, 0.29) is 5.92 Å². The van der Waals surface area contributed by atoms with E-state index in [0.29, 0.717) is 24.3 Å². The standard InChI is InChI=1S/C24H24N4OS.C2H5I/c1-4-28-22(16-29-15-18-8-6-5-7-9-18)27-23(17(2)3)24(28)30-21-11-19(13-25)10-20(12-21)14-26;1-2-3/h5-12,17H,4,15-16H2,1-3H3;2H2,1H3. The Hall–Kier alpha value is -2.33. The maximum absolute atomic E-state index is 9.28. The van der Waals surface area contributed by atoms with Crippen molar-refractivity contribution in [1.29, 1.82) is 10.5 Å². The van der Waals surface area contributed by atoms with E-state index < -0.39 is 0 Å². The van der Waals surface area contributed by atoms with Crippen LogP contribution in [-0.4, -0.2) is 14.0 Å². The third-order valence-corrected chi connectivity index (χ3v) is 5.70. The zero-order valence-electron chi connectivity index (χ0n) is 19.5. The molecule has 33 heavy (non-hydrogen) atoms. The van der Waals surface area contributed by atoms with E-state index in [9.17, 15) is 10.5 Å². The van der Waals surface area contributed by atoms with Crippen molar-refractivity contribution in [2.45, 2.75) is 63.3 Å². The minimum Gasteiger partial charge on any atom is -0.369 e. The van der Waals surface area contributed by atoms with Crippen molar-refractivity contribution in [2.24, 2.45) is 0 Å². The van der Waals surface area contributed by atoms with Crippen LogP contribution < -0.4 is 0 Å². The molecule has 0 fully saturated rings. The number of hydrogen-bond acceptors (Lipinski definition) is 5. The molecule has 0 saturated heterocycles. The summed E-state index contributed by atoms with van der Waals surface area (Å²) in [5.74, 6) is 1.12. The van der Waals surface area contributed by atoms with Gasteiger partial charge in [-0.3, -0.25) is 0 Å². The molecular formula is C26H29IN4OS. The normalized spacial score (nSPS) is 10.3. The van der Waals surface area contributed by atoms with Crippen molar-refractivity contribution in [2.75, 3.05) is 4.43 Å². The average Bonchev–Trinajstić information content (AvgIpc) is 3.17. The summed E-state index contributed by atoms with van der Waals surface area (Å²) in [6.07, 6.45) is 0. The smallest absolute Gasteiger partial charge is 0.136 e. The molecule has 0 aliphatic rings. The van der Waals surface area contributed by atoms with Gasteiger partial charge in [0.05, 0.1) is 35.6 Å². The van der Waals surface area contributed by atoms with Crippen LogP contribution in [-0.2, 0) is 24.5 Å². The molecule has 2 aromatic carbocycles. The van der Waals surface area contributed by atoms with Gasteiger partial charge in [-0.25, -0.2) is 4.98 Å². The van der Waals surface area contributed by atoms with Gasteiger partial charge in [-0.15, -0.1) is 0 Å². The lowest BCUT2D eigenvalue weighted by Crippen LogP contribution is -2.05. The first-order valence-electron chi connectivity index (χ1n) is 10.9. The Morgan fingerprint density at radius 3 is 2.15 bits per heavy atom. The van der Waals surface area contributed by atoms with Crippen molar-refractivity contribution in [3.63, 3.8) is 0 Å². The molecule has 0 radical (unpaired) electrons. The van der Waals surface area contributed by atoms with Gasteiger partial charge in [-0.2, -0.15) is 10.5 Å². The number of nitriles is 2. The molecular weight excluding hydrogens is 543 g/mol. The zero-order chi connectivity index (χ0) is 24.2. The van der Waals surface area contributed by atoms with Crippen LogP contribution in [0.1, 0.15) is 61.8 Å². The molecule has 1 aromatic heterocycles. The Bertz CT molecular complexity index is 1080. The molecule has 0 atom stereocenters. The first-order chi connectivity index (χ1) is 16.0. The predicted molar refractivity (Wildman–Crippen MR) is 141 cm³/mol. The van der Waals surface area contributed by atoms with Crippen molar-refractivity contribution in [3.05, 3.63) is 76.7 Å². The van der Waals surface area contributed by atoms with Crippen molar-refractivity contribution < 1.29 is 4.74 Å². The first-order valence-corrected chi connectivity index (χ1v) is 13.2. The number of benzene rings is 2. The van der Waals surface area contributed by atoms with Crippen molar-refractivity contribution in [3.8, 4) is 12.1 Å². The summed E-state index contributed by atoms with van der Waals surface area (Å²) in [5.41, 5.74) is 3.09. The van der Waals surface area contributed by atoms with Gasteiger partial charge in [0, 0.05) is 11.4 Å². The lowest BCUT2D eigenvalue weighted by Gasteiger charge is -2.12. The fraction of sp³-hybridized carbons (Fsp3) is 0.346. The summed E-state index contributed by atoms with van der Waals surface area (Å²) in [6.45, 7) is 10.1. The molecule has 0 aliphatic heterocycles. The topological polar surface area (TPSA) is 74.6 Å². The second-order valence-electron chi connectivity index (χ2n) is 7.43. The molecule has 7 heteroatoms. The molecule has 3 aromatic rings. The minimum absolute atomic E-state index is 0.239. The number of halogens is 1. The Morgan fingerprint density at radius 1 is 1.03 bits per heavy atom. The number of imidazole rings is 1. The lowest BCUT2D eigenvalue weighted by molar-refractivity contribution is 0.0989. The molecule has 0 spiro atoms. The van der Waals surface area contributed by atoms with Crippen LogP contribution in [0.25, 0.3) is 0 Å². The van der Waals surface area contributed by atoms with Crippen LogP contribution in [0, 0.1) is 22.7 Å². The van der Waals surface area contributed by atoms with Gasteiger partial charge >= 0.3 is 0 Å². The second-order valence-corrected chi connectivity index (χ2v) is 10.0. The van der Waals surface area contributed by atoms with Crippen LogP contribution in [0.2, 0.25) is 0 Å². The fourth-order valence-electron chi connectivity index (χ4n) is 3.16. The van der Waals surface area contributed by atoms with Crippen molar-refractivity contribution in [1.82, 2.24) is 9.55 Å². The fourth-order valence-corrected chi connectivity index (χ4v) is 4.48. The quantitative estimate of drug-likeness (QED) is 0.213. The second kappa shape index (κ2) is 14.0. The zero-order valence-corrected chi connectivity index (χ0v) is 22.5. The maximum atomic E-state index is 9.28. The largest absolute Gasteiger partial charge is 0.369 e. The van der Waals surface area contributed by atoms with E-state index in [4.69, 9.17) is 9.72 Å². The number of alkyl halides is 1. The predicted octanol–water partition coefficient (Wildman–Crippen LogP) is 7.08. The third kappa shape index (κ3) is 7.89. The van der Waals surface area contributed by atoms with Gasteiger partial charge in [0.1, 0.15) is 17.5 Å². The first kappa shape index (κ1) is 26.9. The van der Waals surface area contributed by atoms with Gasteiger partial charge < -0.3 is 9.30 Å². The Labute approximate surface area is 214 Å². The van der Waals surface area contributed by atoms with Gasteiger partial charge in [-0.1, -0.05) is 85.5 Å². The van der Waals surface area contributed by atoms with E-state index in [1.165, 1.54) is 4.43 Å². The average molecular weight is 573 g/mol. The third-order valence-electron chi connectivity index (χ3n) is 4.61. The summed E-state index contributed by atoms with van der Waals surface area (Å²) in [7, 11) is 0. The summed E-state index contributed by atoms with van der Waals surface area (Å²) in [4.78, 5) is 5.74. The molecule has 0 saturated carbocycles. The Kier molecular flexibility index (Phi) is 11.5. The van der Waals surface area contributed by atoms with E-state index in [1.54, 1.807) is 17.8 Å². The van der Waals surface area contributed by atoms with Crippen LogP contribution in [0.3, 0.4) is 0 Å². The number of aromatic nitrogens is 2. The molecule has 5 nitrogen and oxygen atoms in total. The van der Waals surface area contributed by atoms with Gasteiger partial charge in [0.2, 0.25) is 0 Å². The van der Waals surface area contributed by atoms with Gasteiger partial charge in [0.15, 0.2) is 0 Å². The molecule has 0 unspecified atom stereocenters. The Balaban J connectivity index is 0.00000122. The SMILES string of the molecule is CCI.CCn1c(COCc2ccccc2)nc(C(C)C)c1Sc1cc(C#N)cc(C#N)c1. The highest BCUT2D eigenvalue weighted by Gasteiger charge is 2.20. The number of hydrogen-bond donors (Lipinski definition) is 0. The van der Waals surface area contributed by atoms with E-state index >= 15 is 0 Å². The maximum Gasteiger partial charge on any atom is 0.136 e. The summed E-state index contributed by atoms with van der Waals surface area (Å²) in [6, 6.07) is 19.6. The van der Waals surface area contributed by atoms with Crippen LogP contribution in [0.4, 0.5) is 0 Å². The molecule has 172 valence electrons. The number of nitrogens with zero attached hydrogens (tertiary/aromatic N) is 4. The Morgan fingerprint density at radius 2 is 1.64 bits per heavy atom. The van der Waals surface area contributed by atoms with Crippen LogP contribution in [0.5, 0.6) is 0 Å². The van der Waals surface area contributed by atoms with Crippen LogP contribution in [0.15, 0.2) is 58.5 Å².